The van der Waals surface area contributed by atoms with Crippen molar-refractivity contribution >= 4 is 21.9 Å². The van der Waals surface area contributed by atoms with Gasteiger partial charge in [-0.3, -0.25) is 0 Å². The average Bonchev–Trinajstić information content (AvgIpc) is 3.43. The molecule has 0 spiro atoms. The van der Waals surface area contributed by atoms with Gasteiger partial charge in [0.2, 0.25) is 10.0 Å². The van der Waals surface area contributed by atoms with Crippen molar-refractivity contribution in [1.82, 2.24) is 9.62 Å². The predicted molar refractivity (Wildman–Crippen MR) is 145 cm³/mol. The van der Waals surface area contributed by atoms with Crippen LogP contribution in [0.4, 0.5) is 4.79 Å². The first-order valence-electron chi connectivity index (χ1n) is 13.0. The molecule has 10 nitrogen and oxygen atoms in total. The van der Waals surface area contributed by atoms with Crippen LogP contribution in [0.1, 0.15) is 38.7 Å². The highest BCUT2D eigenvalue weighted by Crippen LogP contribution is 2.24. The third-order valence-electron chi connectivity index (χ3n) is 6.67. The summed E-state index contributed by atoms with van der Waals surface area (Å²) in [5, 5.41) is 14.1. The average molecular weight is 563 g/mol. The number of ketones is 1. The van der Waals surface area contributed by atoms with E-state index in [0.717, 1.165) is 5.56 Å². The highest BCUT2D eigenvalue weighted by Gasteiger charge is 2.34. The number of benzene rings is 2. The lowest BCUT2D eigenvalue weighted by atomic mass is 10.0. The first-order valence-corrected chi connectivity index (χ1v) is 14.5. The Labute approximate surface area is 230 Å². The molecule has 1 amide bonds. The second kappa shape index (κ2) is 14.4. The fraction of sp³-hybridized carbons (Fsp3) is 0.500. The zero-order chi connectivity index (χ0) is 28.4. The first kappa shape index (κ1) is 30.6. The second-order valence-electron chi connectivity index (χ2n) is 9.74. The normalized spacial score (nSPS) is 17.8. The van der Waals surface area contributed by atoms with Gasteiger partial charge in [0.05, 0.1) is 37.4 Å². The summed E-state index contributed by atoms with van der Waals surface area (Å²) in [5.74, 6) is 0.440. The Hall–Kier alpha value is -2.99. The molecule has 2 N–H and O–H groups in total. The third kappa shape index (κ3) is 9.03. The van der Waals surface area contributed by atoms with Crippen LogP contribution in [0.15, 0.2) is 59.5 Å². The van der Waals surface area contributed by atoms with E-state index in [0.29, 0.717) is 25.4 Å². The van der Waals surface area contributed by atoms with Crippen molar-refractivity contribution in [2.24, 2.45) is 0 Å². The summed E-state index contributed by atoms with van der Waals surface area (Å²) in [4.78, 5) is 24.4. The molecule has 39 heavy (non-hydrogen) atoms. The molecule has 11 heteroatoms. The van der Waals surface area contributed by atoms with Crippen LogP contribution in [0.5, 0.6) is 5.75 Å². The van der Waals surface area contributed by atoms with E-state index >= 15 is 0 Å². The number of rotatable bonds is 14. The summed E-state index contributed by atoms with van der Waals surface area (Å²) in [6.45, 7) is 3.65. The standard InChI is InChI=1S/C28H38N2O8S/c1-20(9-10-21(2)31)30(39(34,35)25-13-11-23(36-3)12-14-25)18-27(32)26(17-22-7-5-4-6-8-22)29-28(33)38-24-15-16-37-19-24/h4-8,11-14,20,24,26-27,32H,9-10,15-19H2,1-3H3,(H,29,33)/t20?,24-,26-,27+/m0/s1. The second-order valence-corrected chi connectivity index (χ2v) is 11.6. The van der Waals surface area contributed by atoms with Gasteiger partial charge in [-0.25, -0.2) is 13.2 Å². The quantitative estimate of drug-likeness (QED) is 0.359. The van der Waals surface area contributed by atoms with Crippen molar-refractivity contribution < 1.29 is 37.3 Å². The smallest absolute Gasteiger partial charge is 0.407 e. The van der Waals surface area contributed by atoms with Gasteiger partial charge in [0.1, 0.15) is 17.6 Å². The van der Waals surface area contributed by atoms with Crippen LogP contribution in [0.25, 0.3) is 0 Å². The van der Waals surface area contributed by atoms with E-state index in [9.17, 15) is 23.1 Å². The maximum absolute atomic E-state index is 13.8. The molecular formula is C28H38N2O8S. The molecule has 0 aliphatic carbocycles. The maximum atomic E-state index is 13.8. The number of sulfonamides is 1. The summed E-state index contributed by atoms with van der Waals surface area (Å²) in [6.07, 6.45) is -1.08. The molecule has 1 fully saturated rings. The highest BCUT2D eigenvalue weighted by molar-refractivity contribution is 7.89. The van der Waals surface area contributed by atoms with Crippen molar-refractivity contribution in [1.29, 1.82) is 0 Å². The number of methoxy groups -OCH3 is 1. The Morgan fingerprint density at radius 2 is 1.85 bits per heavy atom. The number of Topliss-reactive ketones (excluding diaryl/α,β-unsaturated/α-hetero) is 1. The lowest BCUT2D eigenvalue weighted by Crippen LogP contribution is -2.52. The van der Waals surface area contributed by atoms with Gasteiger partial charge in [-0.2, -0.15) is 4.31 Å². The van der Waals surface area contributed by atoms with Crippen LogP contribution in [0, 0.1) is 0 Å². The molecule has 1 unspecified atom stereocenters. The largest absolute Gasteiger partial charge is 0.497 e. The van der Waals surface area contributed by atoms with E-state index in [4.69, 9.17) is 14.2 Å². The Balaban J connectivity index is 1.86. The number of carbonyl (C=O) groups is 2. The van der Waals surface area contributed by atoms with Gasteiger partial charge in [0, 0.05) is 25.4 Å². The first-order chi connectivity index (χ1) is 18.6. The number of aliphatic hydroxyl groups excluding tert-OH is 1. The lowest BCUT2D eigenvalue weighted by molar-refractivity contribution is -0.117. The Morgan fingerprint density at radius 3 is 2.44 bits per heavy atom. The monoisotopic (exact) mass is 562 g/mol. The van der Waals surface area contributed by atoms with Gasteiger partial charge < -0.3 is 29.4 Å². The fourth-order valence-corrected chi connectivity index (χ4v) is 6.04. The third-order valence-corrected chi connectivity index (χ3v) is 8.66. The van der Waals surface area contributed by atoms with Crippen LogP contribution in [0.2, 0.25) is 0 Å². The Morgan fingerprint density at radius 1 is 1.15 bits per heavy atom. The van der Waals surface area contributed by atoms with Crippen molar-refractivity contribution in [2.75, 3.05) is 26.9 Å². The van der Waals surface area contributed by atoms with Crippen molar-refractivity contribution in [3.63, 3.8) is 0 Å². The summed E-state index contributed by atoms with van der Waals surface area (Å²) >= 11 is 0. The molecule has 4 atom stereocenters. The number of hydrogen-bond acceptors (Lipinski definition) is 8. The summed E-state index contributed by atoms with van der Waals surface area (Å²) in [5.41, 5.74) is 0.847. The van der Waals surface area contributed by atoms with Crippen LogP contribution in [0.3, 0.4) is 0 Å². The predicted octanol–water partition coefficient (Wildman–Crippen LogP) is 2.93. The molecule has 0 radical (unpaired) electrons. The van der Waals surface area contributed by atoms with Crippen LogP contribution >= 0.6 is 0 Å². The van der Waals surface area contributed by atoms with Gasteiger partial charge in [-0.05, 0) is 56.5 Å². The summed E-state index contributed by atoms with van der Waals surface area (Å²) in [7, 11) is -2.59. The molecule has 1 aliphatic heterocycles. The minimum absolute atomic E-state index is 0.0263. The van der Waals surface area contributed by atoms with Gasteiger partial charge >= 0.3 is 6.09 Å². The van der Waals surface area contributed by atoms with Crippen LogP contribution in [-0.2, 0) is 30.7 Å². The molecule has 3 rings (SSSR count). The summed E-state index contributed by atoms with van der Waals surface area (Å²) in [6, 6.07) is 13.8. The molecule has 1 saturated heterocycles. The van der Waals surface area contributed by atoms with E-state index in [1.165, 1.54) is 30.5 Å². The highest BCUT2D eigenvalue weighted by atomic mass is 32.2. The molecule has 0 aromatic heterocycles. The molecule has 1 aliphatic rings. The zero-order valence-electron chi connectivity index (χ0n) is 22.6. The number of ether oxygens (including phenoxy) is 3. The topological polar surface area (TPSA) is 131 Å². The van der Waals surface area contributed by atoms with Gasteiger partial charge in [0.15, 0.2) is 0 Å². The number of aliphatic hydroxyl groups is 1. The minimum Gasteiger partial charge on any atom is -0.497 e. The Kier molecular flexibility index (Phi) is 11.3. The number of nitrogens with zero attached hydrogens (tertiary/aromatic N) is 1. The van der Waals surface area contributed by atoms with E-state index < -0.39 is 34.3 Å². The number of nitrogens with one attached hydrogen (secondary N) is 1. The van der Waals surface area contributed by atoms with E-state index in [1.54, 1.807) is 19.1 Å². The number of carbonyl (C=O) groups excluding carboxylic acids is 2. The Bertz CT molecular complexity index is 1170. The van der Waals surface area contributed by atoms with Gasteiger partial charge in [-0.15, -0.1) is 0 Å². The van der Waals surface area contributed by atoms with E-state index in [-0.39, 0.29) is 42.6 Å². The molecule has 214 valence electrons. The van der Waals surface area contributed by atoms with Crippen molar-refractivity contribution in [2.45, 2.75) is 68.7 Å². The summed E-state index contributed by atoms with van der Waals surface area (Å²) < 4.78 is 44.5. The van der Waals surface area contributed by atoms with E-state index in [2.05, 4.69) is 5.32 Å². The minimum atomic E-state index is -4.08. The van der Waals surface area contributed by atoms with Crippen molar-refractivity contribution in [3.8, 4) is 5.75 Å². The lowest BCUT2D eigenvalue weighted by Gasteiger charge is -2.33. The number of hydrogen-bond donors (Lipinski definition) is 2. The van der Waals surface area contributed by atoms with Crippen LogP contribution in [-0.4, -0.2) is 80.9 Å². The fourth-order valence-electron chi connectivity index (χ4n) is 4.36. The molecule has 2 aromatic rings. The zero-order valence-corrected chi connectivity index (χ0v) is 23.4. The molecular weight excluding hydrogens is 524 g/mol. The number of alkyl carbamates (subject to hydrolysis) is 1. The SMILES string of the molecule is COc1ccc(S(=O)(=O)N(C[C@@H](O)[C@H](Cc2ccccc2)NC(=O)O[C@H]2CCOC2)C(C)CCC(C)=O)cc1. The van der Waals surface area contributed by atoms with Gasteiger partial charge in [0.25, 0.3) is 0 Å². The van der Waals surface area contributed by atoms with E-state index in [1.807, 2.05) is 30.3 Å². The molecule has 0 saturated carbocycles. The van der Waals surface area contributed by atoms with Crippen molar-refractivity contribution in [3.05, 3.63) is 60.2 Å². The van der Waals surface area contributed by atoms with Gasteiger partial charge in [-0.1, -0.05) is 30.3 Å². The molecule has 2 aromatic carbocycles. The van der Waals surface area contributed by atoms with Crippen LogP contribution < -0.4 is 10.1 Å². The molecule has 0 bridgehead atoms. The molecule has 1 heterocycles. The number of amides is 1. The maximum Gasteiger partial charge on any atom is 0.407 e.